The first-order chi connectivity index (χ1) is 14.9. The number of fused-ring (bicyclic) bond motifs is 1. The molecule has 0 atom stereocenters. The van der Waals surface area contributed by atoms with Crippen molar-refractivity contribution in [1.82, 2.24) is 14.9 Å². The van der Waals surface area contributed by atoms with Crippen molar-refractivity contribution in [2.45, 2.75) is 18.6 Å². The minimum atomic E-state index is -0.150. The van der Waals surface area contributed by atoms with E-state index in [1.807, 2.05) is 54.8 Å². The molecule has 5 nitrogen and oxygen atoms in total. The second-order valence-electron chi connectivity index (χ2n) is 7.11. The topological polar surface area (TPSA) is 64.0 Å². The highest BCUT2D eigenvalue weighted by Gasteiger charge is 2.16. The number of hydrogen-bond donors (Lipinski definition) is 1. The molecule has 0 spiro atoms. The van der Waals surface area contributed by atoms with Gasteiger partial charge in [0.15, 0.2) is 5.16 Å². The van der Waals surface area contributed by atoms with Crippen LogP contribution in [0.25, 0.3) is 21.3 Å². The number of nitrogens with zero attached hydrogens (tertiary/aromatic N) is 2. The number of halogens is 1. The van der Waals surface area contributed by atoms with E-state index in [0.717, 1.165) is 16.7 Å². The van der Waals surface area contributed by atoms with Crippen LogP contribution in [-0.2, 0) is 18.4 Å². The molecule has 31 heavy (non-hydrogen) atoms. The van der Waals surface area contributed by atoms with E-state index in [1.54, 1.807) is 13.1 Å². The van der Waals surface area contributed by atoms with Crippen molar-refractivity contribution in [3.05, 3.63) is 80.4 Å². The van der Waals surface area contributed by atoms with Crippen LogP contribution in [0, 0.1) is 6.92 Å². The number of thiophene rings is 1. The molecule has 0 aliphatic rings. The Hall–Kier alpha value is -2.61. The Morgan fingerprint density at radius 2 is 1.94 bits per heavy atom. The third-order valence-electron chi connectivity index (χ3n) is 4.89. The molecule has 2 aromatic carbocycles. The fourth-order valence-corrected chi connectivity index (χ4v) is 5.09. The van der Waals surface area contributed by atoms with Crippen molar-refractivity contribution in [3.63, 3.8) is 0 Å². The zero-order valence-corrected chi connectivity index (χ0v) is 19.4. The maximum Gasteiger partial charge on any atom is 0.271 e. The second kappa shape index (κ2) is 9.26. The highest BCUT2D eigenvalue weighted by molar-refractivity contribution is 7.99. The van der Waals surface area contributed by atoms with Gasteiger partial charge in [0, 0.05) is 29.6 Å². The number of aromatic nitrogens is 2. The molecule has 0 saturated heterocycles. The molecular weight excluding hydrogens is 450 g/mol. The Balaban J connectivity index is 1.53. The van der Waals surface area contributed by atoms with E-state index in [1.165, 1.54) is 33.2 Å². The number of carbonyl (C=O) groups excluding carboxylic acids is 1. The SMILES string of the molecule is Cc1ccc(-c2csc3c(=O)n(C)c(SCC(=O)NCc4ccccc4Cl)nc23)cc1. The van der Waals surface area contributed by atoms with Crippen LogP contribution < -0.4 is 10.9 Å². The molecule has 0 saturated carbocycles. The van der Waals surface area contributed by atoms with Crippen molar-refractivity contribution >= 4 is 50.8 Å². The number of aryl methyl sites for hydroxylation is 1. The first-order valence-electron chi connectivity index (χ1n) is 9.62. The highest BCUT2D eigenvalue weighted by Crippen LogP contribution is 2.32. The highest BCUT2D eigenvalue weighted by atomic mass is 35.5. The van der Waals surface area contributed by atoms with Crippen molar-refractivity contribution < 1.29 is 4.79 Å². The summed E-state index contributed by atoms with van der Waals surface area (Å²) in [5.74, 6) is 0.00333. The van der Waals surface area contributed by atoms with E-state index in [9.17, 15) is 9.59 Å². The Morgan fingerprint density at radius 1 is 1.19 bits per heavy atom. The number of carbonyl (C=O) groups is 1. The zero-order chi connectivity index (χ0) is 22.0. The predicted octanol–water partition coefficient (Wildman–Crippen LogP) is 5.03. The minimum Gasteiger partial charge on any atom is -0.351 e. The molecule has 4 aromatic rings. The molecule has 0 unspecified atom stereocenters. The van der Waals surface area contributed by atoms with Crippen molar-refractivity contribution in [3.8, 4) is 11.1 Å². The molecule has 1 amide bonds. The Bertz CT molecular complexity index is 1310. The Kier molecular flexibility index (Phi) is 6.46. The number of rotatable bonds is 6. The quantitative estimate of drug-likeness (QED) is 0.317. The lowest BCUT2D eigenvalue weighted by atomic mass is 10.1. The van der Waals surface area contributed by atoms with Gasteiger partial charge in [-0.2, -0.15) is 0 Å². The van der Waals surface area contributed by atoms with Gasteiger partial charge in [-0.3, -0.25) is 14.2 Å². The summed E-state index contributed by atoms with van der Waals surface area (Å²) in [6.07, 6.45) is 0. The summed E-state index contributed by atoms with van der Waals surface area (Å²) in [6, 6.07) is 15.5. The Morgan fingerprint density at radius 3 is 2.68 bits per heavy atom. The maximum absolute atomic E-state index is 12.8. The maximum atomic E-state index is 12.8. The van der Waals surface area contributed by atoms with Crippen LogP contribution in [-0.4, -0.2) is 21.2 Å². The fourth-order valence-electron chi connectivity index (χ4n) is 3.11. The van der Waals surface area contributed by atoms with E-state index in [-0.39, 0.29) is 17.2 Å². The Labute approximate surface area is 193 Å². The molecule has 1 N–H and O–H groups in total. The van der Waals surface area contributed by atoms with Crippen molar-refractivity contribution in [1.29, 1.82) is 0 Å². The largest absolute Gasteiger partial charge is 0.351 e. The van der Waals surface area contributed by atoms with Crippen LogP contribution in [0.5, 0.6) is 0 Å². The van der Waals surface area contributed by atoms with Crippen LogP contribution in [0.1, 0.15) is 11.1 Å². The molecule has 0 aliphatic carbocycles. The number of amides is 1. The molecule has 8 heteroatoms. The molecule has 4 rings (SSSR count). The number of nitrogens with one attached hydrogen (secondary N) is 1. The molecular formula is C23H20ClN3O2S2. The van der Waals surface area contributed by atoms with E-state index in [4.69, 9.17) is 16.6 Å². The van der Waals surface area contributed by atoms with Gasteiger partial charge in [-0.15, -0.1) is 11.3 Å². The van der Waals surface area contributed by atoms with Crippen LogP contribution in [0.3, 0.4) is 0 Å². The molecule has 2 heterocycles. The van der Waals surface area contributed by atoms with Gasteiger partial charge in [0.2, 0.25) is 5.91 Å². The van der Waals surface area contributed by atoms with Gasteiger partial charge in [0.1, 0.15) is 4.70 Å². The molecule has 158 valence electrons. The normalized spacial score (nSPS) is 11.1. The van der Waals surface area contributed by atoms with Gasteiger partial charge in [0.25, 0.3) is 5.56 Å². The van der Waals surface area contributed by atoms with Crippen LogP contribution in [0.2, 0.25) is 5.02 Å². The lowest BCUT2D eigenvalue weighted by Gasteiger charge is -2.09. The predicted molar refractivity (Wildman–Crippen MR) is 129 cm³/mol. The summed E-state index contributed by atoms with van der Waals surface area (Å²) in [6.45, 7) is 2.39. The van der Waals surface area contributed by atoms with Crippen molar-refractivity contribution in [2.75, 3.05) is 5.75 Å². The van der Waals surface area contributed by atoms with E-state index in [0.29, 0.717) is 26.9 Å². The summed E-state index contributed by atoms with van der Waals surface area (Å²) in [4.78, 5) is 29.9. The summed E-state index contributed by atoms with van der Waals surface area (Å²) >= 11 is 8.78. The average molecular weight is 470 g/mol. The summed E-state index contributed by atoms with van der Waals surface area (Å²) in [5, 5.41) is 5.96. The van der Waals surface area contributed by atoms with Crippen molar-refractivity contribution in [2.24, 2.45) is 7.05 Å². The summed E-state index contributed by atoms with van der Waals surface area (Å²) < 4.78 is 2.12. The van der Waals surface area contributed by atoms with Crippen LogP contribution in [0.4, 0.5) is 0 Å². The first kappa shape index (κ1) is 21.6. The summed E-state index contributed by atoms with van der Waals surface area (Å²) in [7, 11) is 1.68. The molecule has 0 aliphatic heterocycles. The molecule has 0 radical (unpaired) electrons. The number of benzene rings is 2. The van der Waals surface area contributed by atoms with E-state index < -0.39 is 0 Å². The smallest absolute Gasteiger partial charge is 0.271 e. The number of thioether (sulfide) groups is 1. The minimum absolute atomic E-state index is 0.104. The average Bonchev–Trinajstić information content (AvgIpc) is 3.19. The molecule has 0 fully saturated rings. The molecule has 2 aromatic heterocycles. The van der Waals surface area contributed by atoms with Gasteiger partial charge < -0.3 is 5.32 Å². The van der Waals surface area contributed by atoms with E-state index in [2.05, 4.69) is 5.32 Å². The standard InChI is InChI=1S/C23H20ClN3O2S2/c1-14-7-9-15(10-8-14)17-12-30-21-20(17)26-23(27(2)22(21)29)31-13-19(28)25-11-16-5-3-4-6-18(16)24/h3-10,12H,11,13H2,1-2H3,(H,25,28). The van der Waals surface area contributed by atoms with Gasteiger partial charge >= 0.3 is 0 Å². The first-order valence-corrected chi connectivity index (χ1v) is 11.9. The van der Waals surface area contributed by atoms with Crippen LogP contribution in [0.15, 0.2) is 63.9 Å². The molecule has 0 bridgehead atoms. The fraction of sp³-hybridized carbons (Fsp3) is 0.174. The van der Waals surface area contributed by atoms with Crippen LogP contribution >= 0.6 is 34.7 Å². The number of hydrogen-bond acceptors (Lipinski definition) is 5. The second-order valence-corrected chi connectivity index (χ2v) is 9.34. The summed E-state index contributed by atoms with van der Waals surface area (Å²) in [5.41, 5.74) is 4.55. The third kappa shape index (κ3) is 4.69. The third-order valence-corrected chi connectivity index (χ3v) is 7.24. The van der Waals surface area contributed by atoms with E-state index >= 15 is 0 Å². The zero-order valence-electron chi connectivity index (χ0n) is 17.0. The lowest BCUT2D eigenvalue weighted by Crippen LogP contribution is -2.25. The lowest BCUT2D eigenvalue weighted by molar-refractivity contribution is -0.118. The van der Waals surface area contributed by atoms with Gasteiger partial charge in [-0.1, -0.05) is 71.4 Å². The monoisotopic (exact) mass is 469 g/mol. The van der Waals surface area contributed by atoms with Gasteiger partial charge in [-0.05, 0) is 24.1 Å². The van der Waals surface area contributed by atoms with Gasteiger partial charge in [0.05, 0.1) is 11.3 Å². The van der Waals surface area contributed by atoms with Gasteiger partial charge in [-0.25, -0.2) is 4.98 Å².